The number of methoxy groups -OCH3 is 4. The lowest BCUT2D eigenvalue weighted by molar-refractivity contribution is -0.322. The number of aliphatic hydroxyl groups excluding tert-OH is 2. The zero-order valence-electron chi connectivity index (χ0n) is 27.3. The van der Waals surface area contributed by atoms with Crippen LogP contribution in [0.1, 0.15) is 37.0 Å². The van der Waals surface area contributed by atoms with E-state index in [2.05, 4.69) is 4.90 Å². The van der Waals surface area contributed by atoms with E-state index >= 15 is 0 Å². The lowest BCUT2D eigenvalue weighted by atomic mass is 9.42. The van der Waals surface area contributed by atoms with E-state index in [0.717, 1.165) is 0 Å². The Morgan fingerprint density at radius 2 is 1.72 bits per heavy atom. The average Bonchev–Trinajstić information content (AvgIpc) is 3.41. The van der Waals surface area contributed by atoms with Crippen molar-refractivity contribution in [2.45, 2.75) is 80.6 Å². The van der Waals surface area contributed by atoms with Gasteiger partial charge in [0, 0.05) is 83.0 Å². The summed E-state index contributed by atoms with van der Waals surface area (Å²) < 4.78 is 37.4. The van der Waals surface area contributed by atoms with Gasteiger partial charge in [-0.25, -0.2) is 4.79 Å². The molecule has 7 bridgehead atoms. The van der Waals surface area contributed by atoms with Crippen molar-refractivity contribution in [2.24, 2.45) is 34.5 Å². The van der Waals surface area contributed by atoms with Crippen LogP contribution in [0.15, 0.2) is 30.3 Å². The highest BCUT2D eigenvalue weighted by atomic mass is 16.6. The van der Waals surface area contributed by atoms with Gasteiger partial charge in [0.05, 0.1) is 30.5 Å². The van der Waals surface area contributed by atoms with Crippen molar-refractivity contribution >= 4 is 11.9 Å². The van der Waals surface area contributed by atoms with Gasteiger partial charge in [0.1, 0.15) is 23.9 Å². The summed E-state index contributed by atoms with van der Waals surface area (Å²) in [7, 11) is 6.27. The maximum Gasteiger partial charge on any atom is 0.338 e. The number of aliphatic hydroxyl groups is 3. The maximum absolute atomic E-state index is 13.8. The highest BCUT2D eigenvalue weighted by Crippen LogP contribution is 2.80. The van der Waals surface area contributed by atoms with E-state index in [0.29, 0.717) is 25.1 Å². The van der Waals surface area contributed by atoms with E-state index in [9.17, 15) is 24.9 Å². The highest BCUT2D eigenvalue weighted by Gasteiger charge is 2.92. The summed E-state index contributed by atoms with van der Waals surface area (Å²) in [5.41, 5.74) is -4.79. The number of hydrogen-bond acceptors (Lipinski definition) is 12. The van der Waals surface area contributed by atoms with Crippen LogP contribution in [0.3, 0.4) is 0 Å². The number of benzene rings is 1. The molecule has 5 saturated carbocycles. The van der Waals surface area contributed by atoms with Gasteiger partial charge in [-0.1, -0.05) is 25.1 Å². The molecule has 1 aromatic carbocycles. The molecule has 3 N–H and O–H groups in total. The maximum atomic E-state index is 13.8. The summed E-state index contributed by atoms with van der Waals surface area (Å²) in [6.07, 6.45) is -5.49. The third-order valence-corrected chi connectivity index (χ3v) is 13.2. The van der Waals surface area contributed by atoms with E-state index in [-0.39, 0.29) is 25.0 Å². The number of fused-ring (bicyclic) bond motifs is 2. The summed E-state index contributed by atoms with van der Waals surface area (Å²) in [4.78, 5) is 29.3. The van der Waals surface area contributed by atoms with Crippen molar-refractivity contribution in [3.05, 3.63) is 35.9 Å². The van der Waals surface area contributed by atoms with E-state index < -0.39 is 88.3 Å². The number of hydrogen-bond donors (Lipinski definition) is 3. The number of rotatable bonds is 9. The van der Waals surface area contributed by atoms with Crippen molar-refractivity contribution in [1.29, 1.82) is 0 Å². The Balaban J connectivity index is 1.53. The zero-order chi connectivity index (χ0) is 33.0. The first-order chi connectivity index (χ1) is 22.0. The number of ether oxygens (including phenoxy) is 6. The van der Waals surface area contributed by atoms with Gasteiger partial charge < -0.3 is 43.7 Å². The Labute approximate surface area is 269 Å². The van der Waals surface area contributed by atoms with E-state index in [1.807, 2.05) is 6.92 Å². The molecule has 46 heavy (non-hydrogen) atoms. The molecule has 1 spiro atoms. The number of esters is 2. The summed E-state index contributed by atoms with van der Waals surface area (Å²) in [6, 6.07) is 8.18. The molecule has 15 atom stereocenters. The first-order valence-electron chi connectivity index (χ1n) is 16.3. The molecule has 7 rings (SSSR count). The minimum atomic E-state index is -1.83. The largest absolute Gasteiger partial charge is 0.455 e. The normalized spacial score (nSPS) is 49.9. The van der Waals surface area contributed by atoms with E-state index in [1.165, 1.54) is 14.0 Å². The summed E-state index contributed by atoms with van der Waals surface area (Å²) in [5.74, 6) is -3.65. The molecule has 0 amide bonds. The third kappa shape index (κ3) is 3.62. The second-order valence-electron chi connectivity index (χ2n) is 14.4. The standard InChI is InChI=1S/C34H47NO11/c1-7-35-15-31(16-41-3)20(37)13-21(42-4)33-19-14-32(40)28(45-30(39)18-11-9-8-10-12-18)22(19)34(46-17(2)36,27(38)29(32)44-6)23(26(33)35)24(43-5)25(31)33/h8-12,19-29,37-38,40H,7,13-16H2,1-6H3/t19?,20?,21-,22?,23-,24-,25?,26+,27-,28+,29?,31-,32+,33-,34+/m0/s1. The van der Waals surface area contributed by atoms with Crippen molar-refractivity contribution in [2.75, 3.05) is 48.1 Å². The highest BCUT2D eigenvalue weighted by molar-refractivity contribution is 5.89. The Morgan fingerprint density at radius 3 is 2.30 bits per heavy atom. The molecule has 5 unspecified atom stereocenters. The molecule has 6 aliphatic rings. The number of carbonyl (C=O) groups is 2. The molecule has 1 aromatic rings. The molecule has 254 valence electrons. The van der Waals surface area contributed by atoms with Crippen LogP contribution in [-0.4, -0.2) is 134 Å². The van der Waals surface area contributed by atoms with Crippen molar-refractivity contribution in [1.82, 2.24) is 4.90 Å². The molecular weight excluding hydrogens is 598 g/mol. The predicted molar refractivity (Wildman–Crippen MR) is 160 cm³/mol. The fourth-order valence-electron chi connectivity index (χ4n) is 12.3. The molecule has 0 aromatic heterocycles. The predicted octanol–water partition coefficient (Wildman–Crippen LogP) is 0.648. The summed E-state index contributed by atoms with van der Waals surface area (Å²) >= 11 is 0. The molecule has 1 saturated heterocycles. The second-order valence-corrected chi connectivity index (χ2v) is 14.4. The van der Waals surface area contributed by atoms with Crippen LogP contribution in [-0.2, 0) is 33.2 Å². The van der Waals surface area contributed by atoms with Gasteiger partial charge in [0.15, 0.2) is 5.60 Å². The Kier molecular flexibility index (Phi) is 7.69. The van der Waals surface area contributed by atoms with Gasteiger partial charge in [-0.3, -0.25) is 9.69 Å². The van der Waals surface area contributed by atoms with Gasteiger partial charge in [0.2, 0.25) is 0 Å². The number of nitrogens with zero attached hydrogens (tertiary/aromatic N) is 1. The number of piperidine rings is 1. The van der Waals surface area contributed by atoms with Crippen LogP contribution in [0.4, 0.5) is 0 Å². The van der Waals surface area contributed by atoms with Gasteiger partial charge in [-0.15, -0.1) is 0 Å². The molecule has 5 aliphatic carbocycles. The van der Waals surface area contributed by atoms with Crippen LogP contribution in [0.25, 0.3) is 0 Å². The first kappa shape index (κ1) is 32.4. The minimum absolute atomic E-state index is 0.0791. The number of likely N-dealkylation sites (tertiary alicyclic amines) is 1. The fourth-order valence-corrected chi connectivity index (χ4v) is 12.3. The topological polar surface area (TPSA) is 153 Å². The molecule has 6 fully saturated rings. The van der Waals surface area contributed by atoms with E-state index in [1.54, 1.807) is 51.7 Å². The van der Waals surface area contributed by atoms with Crippen LogP contribution in [0.2, 0.25) is 0 Å². The van der Waals surface area contributed by atoms with Crippen molar-refractivity contribution in [3.8, 4) is 0 Å². The number of carbonyl (C=O) groups excluding carboxylic acids is 2. The van der Waals surface area contributed by atoms with Crippen molar-refractivity contribution in [3.63, 3.8) is 0 Å². The van der Waals surface area contributed by atoms with Crippen LogP contribution in [0.5, 0.6) is 0 Å². The Morgan fingerprint density at radius 1 is 1.00 bits per heavy atom. The average molecular weight is 646 g/mol. The summed E-state index contributed by atoms with van der Waals surface area (Å²) in [5, 5.41) is 37.3. The molecular formula is C34H47NO11. The molecule has 0 radical (unpaired) electrons. The quantitative estimate of drug-likeness (QED) is 0.323. The molecule has 1 heterocycles. The Hall–Kier alpha value is -2.16. The lowest BCUT2D eigenvalue weighted by Gasteiger charge is -2.70. The van der Waals surface area contributed by atoms with Gasteiger partial charge in [-0.05, 0) is 31.0 Å². The van der Waals surface area contributed by atoms with Crippen molar-refractivity contribution < 1.29 is 53.3 Å². The summed E-state index contributed by atoms with van der Waals surface area (Å²) in [6.45, 7) is 4.68. The molecule has 1 aliphatic heterocycles. The van der Waals surface area contributed by atoms with E-state index in [4.69, 9.17) is 28.4 Å². The van der Waals surface area contributed by atoms with Crippen LogP contribution in [0, 0.1) is 34.5 Å². The van der Waals surface area contributed by atoms with Crippen LogP contribution < -0.4 is 0 Å². The van der Waals surface area contributed by atoms with Gasteiger partial charge >= 0.3 is 11.9 Å². The first-order valence-corrected chi connectivity index (χ1v) is 16.3. The fraction of sp³-hybridized carbons (Fsp3) is 0.765. The zero-order valence-corrected chi connectivity index (χ0v) is 27.3. The van der Waals surface area contributed by atoms with Gasteiger partial charge in [-0.2, -0.15) is 0 Å². The van der Waals surface area contributed by atoms with Gasteiger partial charge in [0.25, 0.3) is 0 Å². The lowest BCUT2D eigenvalue weighted by Crippen LogP contribution is -2.81. The third-order valence-electron chi connectivity index (χ3n) is 13.2. The smallest absolute Gasteiger partial charge is 0.338 e. The van der Waals surface area contributed by atoms with Crippen LogP contribution >= 0.6 is 0 Å². The Bertz CT molecular complexity index is 1360. The monoisotopic (exact) mass is 645 g/mol. The SMILES string of the molecule is CCN1C[C@]2(COC)C(O)C[C@H](OC)[C@@]34C5C[C@]6(O)C(OC)[C@H](O)[C@@](OC(C)=O)(C5[C@H]6OC(=O)c5ccccc5)[C@@H]([C@H](OC)C23)[C@@H]14. The molecule has 12 nitrogen and oxygen atoms in total. The second kappa shape index (κ2) is 10.9. The minimum Gasteiger partial charge on any atom is -0.455 e. The molecule has 12 heteroatoms.